The monoisotopic (exact) mass is 437 g/mol. The van der Waals surface area contributed by atoms with Gasteiger partial charge in [0.05, 0.1) is 5.41 Å². The highest BCUT2D eigenvalue weighted by Crippen LogP contribution is 2.65. The van der Waals surface area contributed by atoms with Crippen LogP contribution in [0.3, 0.4) is 0 Å². The molecule has 0 radical (unpaired) electrons. The minimum Gasteiger partial charge on any atom is -0.324 e. The normalized spacial score (nSPS) is 31.2. The Balaban J connectivity index is 1.69. The molecule has 166 valence electrons. The molecule has 5 nitrogen and oxygen atoms in total. The molecule has 2 spiro atoms. The van der Waals surface area contributed by atoms with Crippen LogP contribution in [0.2, 0.25) is 0 Å². The quantitative estimate of drug-likeness (QED) is 0.639. The maximum absolute atomic E-state index is 14.2. The molecule has 5 heteroatoms. The topological polar surface area (TPSA) is 61.4 Å². The number of nitrogens with one attached hydrogen (secondary N) is 2. The van der Waals surface area contributed by atoms with Gasteiger partial charge < -0.3 is 10.2 Å². The van der Waals surface area contributed by atoms with Crippen LogP contribution < -0.4 is 10.6 Å². The summed E-state index contributed by atoms with van der Waals surface area (Å²) in [4.78, 5) is 30.4. The van der Waals surface area contributed by atoms with Gasteiger partial charge in [-0.2, -0.15) is 0 Å². The van der Waals surface area contributed by atoms with E-state index < -0.39 is 11.0 Å². The fourth-order valence-corrected chi connectivity index (χ4v) is 6.59. The van der Waals surface area contributed by atoms with Crippen molar-refractivity contribution in [3.05, 3.63) is 102 Å². The zero-order chi connectivity index (χ0) is 22.6. The van der Waals surface area contributed by atoms with E-state index >= 15 is 0 Å². The molecule has 3 aliphatic rings. The number of nitrogens with zero attached hydrogens (tertiary/aromatic N) is 1. The Morgan fingerprint density at radius 3 is 2.21 bits per heavy atom. The molecule has 3 aliphatic heterocycles. The number of amides is 1. The van der Waals surface area contributed by atoms with Crippen LogP contribution in [-0.4, -0.2) is 36.7 Å². The standard InChI is InChI=1S/C28H27N3O2/c1-31-17-16-23(32)27(18-31)24(19-10-4-2-5-11-19)25(20-12-6-3-7-13-20)30-28(27)21-14-8-9-15-22(21)29-26(28)33/h2-15,24-25,30H,16-18H2,1H3,(H,29,33). The van der Waals surface area contributed by atoms with Crippen molar-refractivity contribution in [2.45, 2.75) is 23.9 Å². The average Bonchev–Trinajstić information content (AvgIpc) is 3.31. The summed E-state index contributed by atoms with van der Waals surface area (Å²) in [5.74, 6) is -0.174. The van der Waals surface area contributed by atoms with Crippen molar-refractivity contribution in [3.63, 3.8) is 0 Å². The third-order valence-electron chi connectivity index (χ3n) is 7.88. The summed E-state index contributed by atoms with van der Waals surface area (Å²) in [5.41, 5.74) is 1.74. The van der Waals surface area contributed by atoms with E-state index in [4.69, 9.17) is 0 Å². The van der Waals surface area contributed by atoms with Gasteiger partial charge in [-0.3, -0.25) is 14.9 Å². The van der Waals surface area contributed by atoms with E-state index in [0.29, 0.717) is 19.5 Å². The number of likely N-dealkylation sites (tertiary alicyclic amines) is 1. The number of piperidine rings is 1. The number of carbonyl (C=O) groups excluding carboxylic acids is 2. The van der Waals surface area contributed by atoms with Gasteiger partial charge in [0.15, 0.2) is 0 Å². The van der Waals surface area contributed by atoms with Gasteiger partial charge in [-0.15, -0.1) is 0 Å². The third-order valence-corrected chi connectivity index (χ3v) is 7.88. The minimum atomic E-state index is -1.14. The Hall–Kier alpha value is -3.28. The molecule has 33 heavy (non-hydrogen) atoms. The third kappa shape index (κ3) is 2.66. The van der Waals surface area contributed by atoms with Gasteiger partial charge in [-0.05, 0) is 24.2 Å². The predicted molar refractivity (Wildman–Crippen MR) is 128 cm³/mol. The van der Waals surface area contributed by atoms with E-state index in [0.717, 1.165) is 22.4 Å². The van der Waals surface area contributed by atoms with Gasteiger partial charge in [0.1, 0.15) is 11.3 Å². The van der Waals surface area contributed by atoms with Crippen LogP contribution >= 0.6 is 0 Å². The fourth-order valence-electron chi connectivity index (χ4n) is 6.59. The van der Waals surface area contributed by atoms with Crippen molar-refractivity contribution in [3.8, 4) is 0 Å². The van der Waals surface area contributed by atoms with Crippen LogP contribution in [0.5, 0.6) is 0 Å². The summed E-state index contributed by atoms with van der Waals surface area (Å²) in [5, 5.41) is 6.90. The fraction of sp³-hybridized carbons (Fsp3) is 0.286. The number of hydrogen-bond donors (Lipinski definition) is 2. The molecule has 3 heterocycles. The van der Waals surface area contributed by atoms with Crippen molar-refractivity contribution in [1.82, 2.24) is 10.2 Å². The average molecular weight is 438 g/mol. The van der Waals surface area contributed by atoms with Gasteiger partial charge in [0.25, 0.3) is 5.91 Å². The summed E-state index contributed by atoms with van der Waals surface area (Å²) in [6.45, 7) is 1.22. The second-order valence-electron chi connectivity index (χ2n) is 9.55. The first-order chi connectivity index (χ1) is 16.1. The Morgan fingerprint density at radius 2 is 1.48 bits per heavy atom. The summed E-state index contributed by atoms with van der Waals surface area (Å²) in [6, 6.07) is 28.1. The zero-order valence-corrected chi connectivity index (χ0v) is 18.6. The summed E-state index contributed by atoms with van der Waals surface area (Å²) >= 11 is 0. The second-order valence-corrected chi connectivity index (χ2v) is 9.55. The van der Waals surface area contributed by atoms with Gasteiger partial charge in [-0.25, -0.2) is 0 Å². The number of carbonyl (C=O) groups is 2. The molecule has 3 aromatic carbocycles. The molecular weight excluding hydrogens is 410 g/mol. The highest BCUT2D eigenvalue weighted by molar-refractivity contribution is 6.11. The number of rotatable bonds is 2. The zero-order valence-electron chi connectivity index (χ0n) is 18.6. The van der Waals surface area contributed by atoms with E-state index in [2.05, 4.69) is 46.8 Å². The Morgan fingerprint density at radius 1 is 0.848 bits per heavy atom. The first-order valence-electron chi connectivity index (χ1n) is 11.6. The van der Waals surface area contributed by atoms with Crippen LogP contribution in [0.15, 0.2) is 84.9 Å². The van der Waals surface area contributed by atoms with E-state index in [-0.39, 0.29) is 23.7 Å². The molecular formula is C28H27N3O2. The van der Waals surface area contributed by atoms with Crippen molar-refractivity contribution in [1.29, 1.82) is 0 Å². The highest BCUT2D eigenvalue weighted by atomic mass is 16.2. The van der Waals surface area contributed by atoms with Crippen molar-refractivity contribution >= 4 is 17.4 Å². The largest absolute Gasteiger partial charge is 0.324 e. The SMILES string of the molecule is CN1CCC(=O)C2(C1)C(c1ccccc1)C(c1ccccc1)NC21C(=O)Nc2ccccc21. The van der Waals surface area contributed by atoms with E-state index in [1.807, 2.05) is 60.7 Å². The molecule has 4 unspecified atom stereocenters. The first-order valence-corrected chi connectivity index (χ1v) is 11.6. The van der Waals surface area contributed by atoms with Gasteiger partial charge >= 0.3 is 0 Å². The maximum atomic E-state index is 14.2. The molecule has 3 aromatic rings. The van der Waals surface area contributed by atoms with Crippen LogP contribution in [0, 0.1) is 5.41 Å². The minimum absolute atomic E-state index is 0.133. The Labute approximate surface area is 193 Å². The predicted octanol–water partition coefficient (Wildman–Crippen LogP) is 3.85. The number of para-hydroxylation sites is 1. The molecule has 2 fully saturated rings. The molecule has 0 aliphatic carbocycles. The van der Waals surface area contributed by atoms with E-state index in [9.17, 15) is 9.59 Å². The van der Waals surface area contributed by atoms with Gasteiger partial charge in [-0.1, -0.05) is 78.9 Å². The number of hydrogen-bond acceptors (Lipinski definition) is 4. The van der Waals surface area contributed by atoms with E-state index in [1.165, 1.54) is 0 Å². The molecule has 2 saturated heterocycles. The number of benzene rings is 3. The molecule has 0 saturated carbocycles. The molecule has 0 aromatic heterocycles. The second kappa shape index (κ2) is 7.37. The summed E-state index contributed by atoms with van der Waals surface area (Å²) in [6.07, 6.45) is 0.431. The first kappa shape index (κ1) is 20.3. The smallest absolute Gasteiger partial charge is 0.250 e. The van der Waals surface area contributed by atoms with Crippen molar-refractivity contribution in [2.75, 3.05) is 25.5 Å². The van der Waals surface area contributed by atoms with Crippen molar-refractivity contribution in [2.24, 2.45) is 5.41 Å². The van der Waals surface area contributed by atoms with Crippen LogP contribution in [-0.2, 0) is 15.1 Å². The highest BCUT2D eigenvalue weighted by Gasteiger charge is 2.74. The van der Waals surface area contributed by atoms with E-state index in [1.54, 1.807) is 0 Å². The van der Waals surface area contributed by atoms with Crippen LogP contribution in [0.25, 0.3) is 0 Å². The molecule has 0 bridgehead atoms. The molecule has 2 N–H and O–H groups in total. The number of ketones is 1. The Bertz CT molecular complexity index is 1230. The molecule has 4 atom stereocenters. The van der Waals surface area contributed by atoms with Gasteiger partial charge in [0, 0.05) is 42.7 Å². The Kier molecular flexibility index (Phi) is 4.54. The molecule has 1 amide bonds. The lowest BCUT2D eigenvalue weighted by Crippen LogP contribution is -2.64. The molecule has 6 rings (SSSR count). The lowest BCUT2D eigenvalue weighted by molar-refractivity contribution is -0.145. The number of fused-ring (bicyclic) bond motifs is 3. The number of Topliss-reactive ketones (excluding diaryl/α,β-unsaturated/α-hetero) is 1. The maximum Gasteiger partial charge on any atom is 0.250 e. The lowest BCUT2D eigenvalue weighted by atomic mass is 9.56. The van der Waals surface area contributed by atoms with Gasteiger partial charge in [0.2, 0.25) is 0 Å². The lowest BCUT2D eigenvalue weighted by Gasteiger charge is -2.48. The van der Waals surface area contributed by atoms with Crippen LogP contribution in [0.4, 0.5) is 5.69 Å². The van der Waals surface area contributed by atoms with Crippen molar-refractivity contribution < 1.29 is 9.59 Å². The summed E-state index contributed by atoms with van der Waals surface area (Å²) in [7, 11) is 2.05. The van der Waals surface area contributed by atoms with Crippen LogP contribution in [0.1, 0.15) is 35.1 Å². The number of anilines is 1. The summed E-state index contributed by atoms with van der Waals surface area (Å²) < 4.78 is 0.